The van der Waals surface area contributed by atoms with Crippen LogP contribution in [0.5, 0.6) is 0 Å². The average Bonchev–Trinajstić information content (AvgIpc) is 3.11. The third-order valence-corrected chi connectivity index (χ3v) is 3.71. The van der Waals surface area contributed by atoms with Gasteiger partial charge in [0.25, 0.3) is 0 Å². The molecule has 1 aliphatic rings. The zero-order valence-electron chi connectivity index (χ0n) is 11.9. The SMILES string of the molecule is NCCCc1cn(CC(=O)N2CCc3ccccc32)nn1. The Labute approximate surface area is 123 Å². The third kappa shape index (κ3) is 2.95. The minimum absolute atomic E-state index is 0.0511. The number of nitrogens with zero attached hydrogens (tertiary/aromatic N) is 4. The summed E-state index contributed by atoms with van der Waals surface area (Å²) >= 11 is 0. The van der Waals surface area contributed by atoms with E-state index < -0.39 is 0 Å². The monoisotopic (exact) mass is 285 g/mol. The van der Waals surface area contributed by atoms with E-state index in [2.05, 4.69) is 16.4 Å². The fraction of sp³-hybridized carbons (Fsp3) is 0.400. The Morgan fingerprint density at radius 2 is 2.19 bits per heavy atom. The molecule has 0 saturated carbocycles. The number of aryl methyl sites for hydroxylation is 1. The summed E-state index contributed by atoms with van der Waals surface area (Å²) in [6.45, 7) is 1.60. The fourth-order valence-electron chi connectivity index (χ4n) is 2.63. The van der Waals surface area contributed by atoms with Gasteiger partial charge >= 0.3 is 0 Å². The van der Waals surface area contributed by atoms with Gasteiger partial charge in [0, 0.05) is 18.4 Å². The minimum Gasteiger partial charge on any atom is -0.330 e. The molecular weight excluding hydrogens is 266 g/mol. The van der Waals surface area contributed by atoms with Crippen molar-refractivity contribution in [1.29, 1.82) is 0 Å². The molecular formula is C15H19N5O. The second kappa shape index (κ2) is 6.05. The Morgan fingerprint density at radius 1 is 1.33 bits per heavy atom. The number of aromatic nitrogens is 3. The Bertz CT molecular complexity index is 636. The number of benzene rings is 1. The van der Waals surface area contributed by atoms with Gasteiger partial charge in [-0.3, -0.25) is 4.79 Å². The van der Waals surface area contributed by atoms with Gasteiger partial charge in [0.15, 0.2) is 0 Å². The van der Waals surface area contributed by atoms with Crippen LogP contribution in [0.15, 0.2) is 30.5 Å². The molecule has 6 nitrogen and oxygen atoms in total. The highest BCUT2D eigenvalue weighted by atomic mass is 16.2. The van der Waals surface area contributed by atoms with E-state index in [0.717, 1.165) is 37.2 Å². The van der Waals surface area contributed by atoms with E-state index in [-0.39, 0.29) is 12.5 Å². The van der Waals surface area contributed by atoms with Crippen molar-refractivity contribution in [1.82, 2.24) is 15.0 Å². The van der Waals surface area contributed by atoms with Gasteiger partial charge in [0.05, 0.1) is 5.69 Å². The number of carbonyl (C=O) groups is 1. The molecule has 0 fully saturated rings. The van der Waals surface area contributed by atoms with Crippen LogP contribution in [-0.2, 0) is 24.2 Å². The predicted molar refractivity (Wildman–Crippen MR) is 79.9 cm³/mol. The first-order valence-corrected chi connectivity index (χ1v) is 7.25. The molecule has 0 saturated heterocycles. The average molecular weight is 285 g/mol. The maximum atomic E-state index is 12.4. The van der Waals surface area contributed by atoms with Gasteiger partial charge in [-0.15, -0.1) is 5.10 Å². The Morgan fingerprint density at radius 3 is 3.05 bits per heavy atom. The summed E-state index contributed by atoms with van der Waals surface area (Å²) in [5.74, 6) is 0.0511. The lowest BCUT2D eigenvalue weighted by molar-refractivity contribution is -0.119. The molecule has 0 aliphatic carbocycles. The van der Waals surface area contributed by atoms with E-state index in [1.165, 1.54) is 5.56 Å². The van der Waals surface area contributed by atoms with E-state index in [9.17, 15) is 4.79 Å². The number of anilines is 1. The van der Waals surface area contributed by atoms with Crippen LogP contribution >= 0.6 is 0 Å². The van der Waals surface area contributed by atoms with Gasteiger partial charge in [-0.1, -0.05) is 23.4 Å². The largest absolute Gasteiger partial charge is 0.330 e. The summed E-state index contributed by atoms with van der Waals surface area (Å²) in [4.78, 5) is 14.2. The molecule has 3 rings (SSSR count). The van der Waals surface area contributed by atoms with Crippen LogP contribution in [0.3, 0.4) is 0 Å². The smallest absolute Gasteiger partial charge is 0.248 e. The van der Waals surface area contributed by atoms with Gasteiger partial charge < -0.3 is 10.6 Å². The number of carbonyl (C=O) groups excluding carboxylic acids is 1. The molecule has 2 heterocycles. The van der Waals surface area contributed by atoms with Gasteiger partial charge in [-0.2, -0.15) is 0 Å². The zero-order valence-corrected chi connectivity index (χ0v) is 11.9. The normalized spacial score (nSPS) is 13.5. The zero-order chi connectivity index (χ0) is 14.7. The molecule has 6 heteroatoms. The first kappa shape index (κ1) is 13.8. The van der Waals surface area contributed by atoms with Crippen molar-refractivity contribution >= 4 is 11.6 Å². The van der Waals surface area contributed by atoms with Crippen molar-refractivity contribution < 1.29 is 4.79 Å². The highest BCUT2D eigenvalue weighted by molar-refractivity contribution is 5.95. The third-order valence-electron chi connectivity index (χ3n) is 3.71. The Kier molecular flexibility index (Phi) is 3.96. The maximum Gasteiger partial charge on any atom is 0.248 e. The molecule has 2 N–H and O–H groups in total. The molecule has 0 spiro atoms. The highest BCUT2D eigenvalue weighted by Gasteiger charge is 2.24. The van der Waals surface area contributed by atoms with Crippen molar-refractivity contribution in [2.24, 2.45) is 5.73 Å². The molecule has 1 aliphatic heterocycles. The summed E-state index contributed by atoms with van der Waals surface area (Å²) in [5.41, 5.74) is 8.61. The second-order valence-corrected chi connectivity index (χ2v) is 5.22. The quantitative estimate of drug-likeness (QED) is 0.880. The van der Waals surface area contributed by atoms with Gasteiger partial charge in [0.1, 0.15) is 6.54 Å². The number of rotatable bonds is 5. The van der Waals surface area contributed by atoms with E-state index in [4.69, 9.17) is 5.73 Å². The molecule has 0 unspecified atom stereocenters. The maximum absolute atomic E-state index is 12.4. The summed E-state index contributed by atoms with van der Waals surface area (Å²) in [7, 11) is 0. The Hall–Kier alpha value is -2.21. The summed E-state index contributed by atoms with van der Waals surface area (Å²) in [6.07, 6.45) is 4.43. The van der Waals surface area contributed by atoms with Crippen molar-refractivity contribution in [3.8, 4) is 0 Å². The summed E-state index contributed by atoms with van der Waals surface area (Å²) < 4.78 is 1.61. The lowest BCUT2D eigenvalue weighted by Crippen LogP contribution is -2.32. The topological polar surface area (TPSA) is 77.0 Å². The van der Waals surface area contributed by atoms with Crippen molar-refractivity contribution in [3.63, 3.8) is 0 Å². The number of hydrogen-bond acceptors (Lipinski definition) is 4. The molecule has 0 bridgehead atoms. The summed E-state index contributed by atoms with van der Waals surface area (Å²) in [6, 6.07) is 8.04. The van der Waals surface area contributed by atoms with E-state index in [1.807, 2.05) is 29.3 Å². The Balaban J connectivity index is 1.66. The fourth-order valence-corrected chi connectivity index (χ4v) is 2.63. The van der Waals surface area contributed by atoms with Crippen LogP contribution in [0.4, 0.5) is 5.69 Å². The molecule has 1 amide bonds. The van der Waals surface area contributed by atoms with Crippen molar-refractivity contribution in [3.05, 3.63) is 41.7 Å². The first-order chi connectivity index (χ1) is 10.3. The van der Waals surface area contributed by atoms with Crippen LogP contribution < -0.4 is 10.6 Å². The lowest BCUT2D eigenvalue weighted by atomic mass is 10.2. The number of amides is 1. The van der Waals surface area contributed by atoms with Crippen LogP contribution in [0, 0.1) is 0 Å². The molecule has 110 valence electrons. The molecule has 1 aromatic heterocycles. The minimum atomic E-state index is 0.0511. The number of fused-ring (bicyclic) bond motifs is 1. The van der Waals surface area contributed by atoms with E-state index in [0.29, 0.717) is 6.54 Å². The molecule has 21 heavy (non-hydrogen) atoms. The van der Waals surface area contributed by atoms with Crippen LogP contribution in [0.2, 0.25) is 0 Å². The standard InChI is InChI=1S/C15H19N5O/c16-8-3-5-13-10-19(18-17-13)11-15(21)20-9-7-12-4-1-2-6-14(12)20/h1-2,4,6,10H,3,5,7-9,11,16H2. The van der Waals surface area contributed by atoms with Crippen LogP contribution in [0.25, 0.3) is 0 Å². The molecule has 0 radical (unpaired) electrons. The van der Waals surface area contributed by atoms with Crippen LogP contribution in [-0.4, -0.2) is 34.0 Å². The lowest BCUT2D eigenvalue weighted by Gasteiger charge is -2.16. The second-order valence-electron chi connectivity index (χ2n) is 5.22. The van der Waals surface area contributed by atoms with Gasteiger partial charge in [0.2, 0.25) is 5.91 Å². The number of para-hydroxylation sites is 1. The van der Waals surface area contributed by atoms with Crippen molar-refractivity contribution in [2.75, 3.05) is 18.0 Å². The first-order valence-electron chi connectivity index (χ1n) is 7.25. The van der Waals surface area contributed by atoms with E-state index in [1.54, 1.807) is 4.68 Å². The molecule has 1 aromatic carbocycles. The molecule has 2 aromatic rings. The van der Waals surface area contributed by atoms with E-state index >= 15 is 0 Å². The predicted octanol–water partition coefficient (Wildman–Crippen LogP) is 0.759. The van der Waals surface area contributed by atoms with Crippen LogP contribution in [0.1, 0.15) is 17.7 Å². The number of hydrogen-bond donors (Lipinski definition) is 1. The summed E-state index contributed by atoms with van der Waals surface area (Å²) in [5, 5.41) is 8.08. The highest BCUT2D eigenvalue weighted by Crippen LogP contribution is 2.27. The van der Waals surface area contributed by atoms with Gasteiger partial charge in [-0.05, 0) is 37.4 Å². The van der Waals surface area contributed by atoms with Crippen molar-refractivity contribution in [2.45, 2.75) is 25.8 Å². The number of nitrogens with two attached hydrogens (primary N) is 1. The molecule has 0 atom stereocenters. The van der Waals surface area contributed by atoms with Gasteiger partial charge in [-0.25, -0.2) is 4.68 Å².